The van der Waals surface area contributed by atoms with Gasteiger partial charge in [0, 0.05) is 30.8 Å². The Morgan fingerprint density at radius 2 is 1.82 bits per heavy atom. The fraction of sp³-hybridized carbons (Fsp3) is 0.778. The van der Waals surface area contributed by atoms with Crippen LogP contribution in [0.4, 0.5) is 0 Å². The zero-order valence-corrected chi connectivity index (χ0v) is 15.0. The second kappa shape index (κ2) is 6.43. The van der Waals surface area contributed by atoms with Gasteiger partial charge in [-0.05, 0) is 50.9 Å². The molecule has 4 heteroatoms. The zero-order valence-electron chi connectivity index (χ0n) is 15.0. The van der Waals surface area contributed by atoms with E-state index in [1.165, 1.54) is 12.8 Å². The Labute approximate surface area is 134 Å². The van der Waals surface area contributed by atoms with Crippen LogP contribution in [0.2, 0.25) is 0 Å². The number of nitrogens with zero attached hydrogens (tertiary/aromatic N) is 2. The fourth-order valence-corrected chi connectivity index (χ4v) is 3.61. The summed E-state index contributed by atoms with van der Waals surface area (Å²) in [5, 5.41) is 7.53. The molecule has 22 heavy (non-hydrogen) atoms. The van der Waals surface area contributed by atoms with Gasteiger partial charge in [0.05, 0.1) is 5.69 Å². The number of nitrogens with one attached hydrogen (secondary N) is 1. The second-order valence-electron chi connectivity index (χ2n) is 7.91. The van der Waals surface area contributed by atoms with Crippen molar-refractivity contribution in [3.05, 3.63) is 17.0 Å². The molecule has 0 unspecified atom stereocenters. The minimum atomic E-state index is 0.191. The summed E-state index contributed by atoms with van der Waals surface area (Å²) in [6.07, 6.45) is 4.40. The summed E-state index contributed by atoms with van der Waals surface area (Å²) < 4.78 is 1.88. The van der Waals surface area contributed by atoms with Crippen molar-refractivity contribution in [1.29, 1.82) is 0 Å². The molecule has 1 saturated carbocycles. The lowest BCUT2D eigenvalue weighted by molar-refractivity contribution is -0.126. The number of rotatable bonds is 3. The summed E-state index contributed by atoms with van der Waals surface area (Å²) in [4.78, 5) is 12.4. The molecule has 1 N–H and O–H groups in total. The van der Waals surface area contributed by atoms with E-state index < -0.39 is 0 Å². The van der Waals surface area contributed by atoms with Gasteiger partial charge in [0.25, 0.3) is 0 Å². The molecule has 1 fully saturated rings. The van der Waals surface area contributed by atoms with E-state index in [9.17, 15) is 4.79 Å². The molecule has 1 aliphatic carbocycles. The molecule has 0 radical (unpaired) electrons. The van der Waals surface area contributed by atoms with Crippen molar-refractivity contribution in [3.8, 4) is 0 Å². The third-order valence-corrected chi connectivity index (χ3v) is 5.42. The van der Waals surface area contributed by atoms with Crippen LogP contribution in [-0.4, -0.2) is 15.7 Å². The smallest absolute Gasteiger partial charge is 0.223 e. The highest BCUT2D eigenvalue weighted by Gasteiger charge is 2.32. The van der Waals surface area contributed by atoms with E-state index in [-0.39, 0.29) is 11.8 Å². The highest BCUT2D eigenvalue weighted by molar-refractivity contribution is 5.78. The molecule has 1 heterocycles. The summed E-state index contributed by atoms with van der Waals surface area (Å²) in [7, 11) is 1.95. The van der Waals surface area contributed by atoms with E-state index in [1.807, 2.05) is 18.7 Å². The van der Waals surface area contributed by atoms with E-state index in [2.05, 4.69) is 38.1 Å². The number of hydrogen-bond acceptors (Lipinski definition) is 2. The average Bonchev–Trinajstić information content (AvgIpc) is 2.69. The molecular weight excluding hydrogens is 274 g/mol. The Bertz CT molecular complexity index is 531. The Kier molecular flexibility index (Phi) is 4.98. The monoisotopic (exact) mass is 305 g/mol. The number of amides is 1. The minimum Gasteiger partial charge on any atom is -0.352 e. The molecular formula is C18H31N3O. The molecule has 1 aromatic rings. The van der Waals surface area contributed by atoms with Crippen molar-refractivity contribution in [2.45, 2.75) is 66.8 Å². The fourth-order valence-electron chi connectivity index (χ4n) is 3.61. The molecule has 0 atom stereocenters. The molecule has 0 saturated heterocycles. The van der Waals surface area contributed by atoms with E-state index >= 15 is 0 Å². The highest BCUT2D eigenvalue weighted by atomic mass is 16.1. The first-order chi connectivity index (χ1) is 10.2. The summed E-state index contributed by atoms with van der Waals surface area (Å²) in [6.45, 7) is 11.6. The number of hydrogen-bond donors (Lipinski definition) is 1. The van der Waals surface area contributed by atoms with Gasteiger partial charge in [-0.2, -0.15) is 5.10 Å². The first-order valence-corrected chi connectivity index (χ1v) is 8.47. The Morgan fingerprint density at radius 3 is 2.27 bits per heavy atom. The lowest BCUT2D eigenvalue weighted by Gasteiger charge is -2.36. The molecule has 124 valence electrons. The molecule has 1 aromatic heterocycles. The van der Waals surface area contributed by atoms with E-state index in [1.54, 1.807) is 0 Å². The van der Waals surface area contributed by atoms with Crippen molar-refractivity contribution < 1.29 is 4.79 Å². The molecule has 1 amide bonds. The SMILES string of the molecule is Cc1nn(C)c(C)c1CNC(=O)C1CCC(C(C)(C)C)CC1. The van der Waals surface area contributed by atoms with Crippen molar-refractivity contribution in [1.82, 2.24) is 15.1 Å². The van der Waals surface area contributed by atoms with Crippen LogP contribution in [-0.2, 0) is 18.4 Å². The van der Waals surface area contributed by atoms with Crippen LogP contribution in [0.3, 0.4) is 0 Å². The Hall–Kier alpha value is -1.32. The van der Waals surface area contributed by atoms with E-state index in [0.29, 0.717) is 12.0 Å². The van der Waals surface area contributed by atoms with Gasteiger partial charge in [0.2, 0.25) is 5.91 Å². The van der Waals surface area contributed by atoms with Crippen LogP contribution in [0.1, 0.15) is 63.4 Å². The van der Waals surface area contributed by atoms with Crippen LogP contribution in [0.5, 0.6) is 0 Å². The van der Waals surface area contributed by atoms with Gasteiger partial charge < -0.3 is 5.32 Å². The first-order valence-electron chi connectivity index (χ1n) is 8.47. The quantitative estimate of drug-likeness (QED) is 0.929. The van der Waals surface area contributed by atoms with E-state index in [0.717, 1.165) is 35.7 Å². The highest BCUT2D eigenvalue weighted by Crippen LogP contribution is 2.39. The van der Waals surface area contributed by atoms with Gasteiger partial charge in [-0.1, -0.05) is 20.8 Å². The third kappa shape index (κ3) is 3.71. The van der Waals surface area contributed by atoms with Gasteiger partial charge in [-0.3, -0.25) is 9.48 Å². The van der Waals surface area contributed by atoms with Gasteiger partial charge >= 0.3 is 0 Å². The van der Waals surface area contributed by atoms with Crippen LogP contribution in [0, 0.1) is 31.1 Å². The van der Waals surface area contributed by atoms with Gasteiger partial charge in [0.1, 0.15) is 0 Å². The number of aromatic nitrogens is 2. The third-order valence-electron chi connectivity index (χ3n) is 5.42. The molecule has 0 aliphatic heterocycles. The minimum absolute atomic E-state index is 0.191. The van der Waals surface area contributed by atoms with Crippen LogP contribution in [0.15, 0.2) is 0 Å². The van der Waals surface area contributed by atoms with Crippen LogP contribution in [0.25, 0.3) is 0 Å². The van der Waals surface area contributed by atoms with Crippen LogP contribution >= 0.6 is 0 Å². The molecule has 0 bridgehead atoms. The Morgan fingerprint density at radius 1 is 1.23 bits per heavy atom. The number of carbonyl (C=O) groups excluding carboxylic acids is 1. The largest absolute Gasteiger partial charge is 0.352 e. The number of carbonyl (C=O) groups is 1. The summed E-state index contributed by atoms with van der Waals surface area (Å²) in [5.41, 5.74) is 3.66. The van der Waals surface area contributed by atoms with Crippen molar-refractivity contribution in [2.75, 3.05) is 0 Å². The second-order valence-corrected chi connectivity index (χ2v) is 7.91. The maximum absolute atomic E-state index is 12.4. The Balaban J connectivity index is 1.86. The molecule has 4 nitrogen and oxygen atoms in total. The molecule has 1 aliphatic rings. The van der Waals surface area contributed by atoms with Crippen LogP contribution < -0.4 is 5.32 Å². The maximum atomic E-state index is 12.4. The van der Waals surface area contributed by atoms with Crippen molar-refractivity contribution in [3.63, 3.8) is 0 Å². The maximum Gasteiger partial charge on any atom is 0.223 e. The zero-order chi connectivity index (χ0) is 16.5. The lowest BCUT2D eigenvalue weighted by Crippen LogP contribution is -2.35. The van der Waals surface area contributed by atoms with Crippen molar-refractivity contribution in [2.24, 2.45) is 24.3 Å². The molecule has 0 aromatic carbocycles. The van der Waals surface area contributed by atoms with Gasteiger partial charge in [-0.15, -0.1) is 0 Å². The first kappa shape index (κ1) is 17.0. The average molecular weight is 305 g/mol. The normalized spacial score (nSPS) is 22.6. The summed E-state index contributed by atoms with van der Waals surface area (Å²) >= 11 is 0. The lowest BCUT2D eigenvalue weighted by atomic mass is 9.69. The predicted molar refractivity (Wildman–Crippen MR) is 89.4 cm³/mol. The topological polar surface area (TPSA) is 46.9 Å². The summed E-state index contributed by atoms with van der Waals surface area (Å²) in [6, 6.07) is 0. The predicted octanol–water partition coefficient (Wildman–Crippen LogP) is 3.51. The van der Waals surface area contributed by atoms with E-state index in [4.69, 9.17) is 0 Å². The molecule has 2 rings (SSSR count). The van der Waals surface area contributed by atoms with Gasteiger partial charge in [0.15, 0.2) is 0 Å². The van der Waals surface area contributed by atoms with Crippen molar-refractivity contribution >= 4 is 5.91 Å². The number of aryl methyl sites for hydroxylation is 2. The summed E-state index contributed by atoms with van der Waals surface area (Å²) in [5.74, 6) is 1.16. The standard InChI is InChI=1S/C18H31N3O/c1-12-16(13(2)21(6)20-12)11-19-17(22)14-7-9-15(10-8-14)18(3,4)5/h14-15H,7-11H2,1-6H3,(H,19,22). The van der Waals surface area contributed by atoms with Gasteiger partial charge in [-0.25, -0.2) is 0 Å². The molecule has 0 spiro atoms.